The Kier molecular flexibility index (Phi) is 3.67. The largest absolute Gasteiger partial charge is 0.486 e. The van der Waals surface area contributed by atoms with Gasteiger partial charge in [0.25, 0.3) is 0 Å². The molecule has 1 unspecified atom stereocenters. The summed E-state index contributed by atoms with van der Waals surface area (Å²) in [6.45, 7) is 3.35. The molecule has 0 aromatic heterocycles. The van der Waals surface area contributed by atoms with E-state index in [1.54, 1.807) is 6.92 Å². The Balaban J connectivity index is 1.85. The first kappa shape index (κ1) is 13.1. The Morgan fingerprint density at radius 2 is 2.10 bits per heavy atom. The van der Waals surface area contributed by atoms with Crippen LogP contribution < -0.4 is 14.8 Å². The van der Waals surface area contributed by atoms with Crippen molar-refractivity contribution in [3.8, 4) is 11.5 Å². The monoisotopic (exact) mass is 277 g/mol. The first-order valence-corrected chi connectivity index (χ1v) is 7.13. The highest BCUT2D eigenvalue weighted by Crippen LogP contribution is 2.39. The Hall–Kier alpha value is -1.91. The number of nitrogens with one attached hydrogen (secondary N) is 1. The number of benzene rings is 1. The van der Waals surface area contributed by atoms with Gasteiger partial charge in [-0.2, -0.15) is 0 Å². The smallest absolute Gasteiger partial charge is 0.407 e. The Labute approximate surface area is 118 Å². The molecule has 1 amide bonds. The van der Waals surface area contributed by atoms with Crippen LogP contribution in [-0.4, -0.2) is 25.9 Å². The van der Waals surface area contributed by atoms with Crippen LogP contribution >= 0.6 is 0 Å². The van der Waals surface area contributed by atoms with E-state index < -0.39 is 0 Å². The highest BCUT2D eigenvalue weighted by atomic mass is 16.6. The molecule has 0 fully saturated rings. The average Bonchev–Trinajstić information content (AvgIpc) is 2.46. The summed E-state index contributed by atoms with van der Waals surface area (Å²) in [6, 6.07) is 4.04. The molecular formula is C15H19NO4. The molecular weight excluding hydrogens is 258 g/mol. The van der Waals surface area contributed by atoms with Gasteiger partial charge in [0.2, 0.25) is 0 Å². The van der Waals surface area contributed by atoms with Gasteiger partial charge >= 0.3 is 6.09 Å². The van der Waals surface area contributed by atoms with Crippen LogP contribution in [0.3, 0.4) is 0 Å². The topological polar surface area (TPSA) is 56.8 Å². The molecule has 0 spiro atoms. The van der Waals surface area contributed by atoms with Crippen LogP contribution in [0.2, 0.25) is 0 Å². The van der Waals surface area contributed by atoms with Crippen LogP contribution in [0.25, 0.3) is 0 Å². The number of aryl methyl sites for hydroxylation is 1. The SMILES string of the molecule is CCOC(=O)NC1CCCc2cc3c(cc21)OCCO3. The fourth-order valence-corrected chi connectivity index (χ4v) is 2.80. The molecule has 5 heteroatoms. The Morgan fingerprint density at radius 1 is 1.35 bits per heavy atom. The number of alkyl carbamates (subject to hydrolysis) is 1. The fraction of sp³-hybridized carbons (Fsp3) is 0.533. The minimum atomic E-state index is -0.361. The lowest BCUT2D eigenvalue weighted by Crippen LogP contribution is -2.31. The van der Waals surface area contributed by atoms with Crippen molar-refractivity contribution < 1.29 is 19.0 Å². The van der Waals surface area contributed by atoms with Crippen molar-refractivity contribution in [2.75, 3.05) is 19.8 Å². The van der Waals surface area contributed by atoms with Gasteiger partial charge in [0.1, 0.15) is 13.2 Å². The van der Waals surface area contributed by atoms with E-state index in [-0.39, 0.29) is 12.1 Å². The first-order valence-electron chi connectivity index (χ1n) is 7.13. The number of hydrogen-bond acceptors (Lipinski definition) is 4. The summed E-state index contributed by atoms with van der Waals surface area (Å²) >= 11 is 0. The summed E-state index contributed by atoms with van der Waals surface area (Å²) in [7, 11) is 0. The Bertz CT molecular complexity index is 515. The maximum atomic E-state index is 11.6. The van der Waals surface area contributed by atoms with Gasteiger partial charge in [0.15, 0.2) is 11.5 Å². The van der Waals surface area contributed by atoms with E-state index in [2.05, 4.69) is 5.32 Å². The van der Waals surface area contributed by atoms with Crippen molar-refractivity contribution in [1.29, 1.82) is 0 Å². The fourth-order valence-electron chi connectivity index (χ4n) is 2.80. The standard InChI is InChI=1S/C15H19NO4/c1-2-18-15(17)16-12-5-3-4-10-8-13-14(9-11(10)12)20-7-6-19-13/h8-9,12H,2-7H2,1H3,(H,16,17). The molecule has 0 radical (unpaired) electrons. The lowest BCUT2D eigenvalue weighted by molar-refractivity contribution is 0.146. The zero-order valence-corrected chi connectivity index (χ0v) is 11.6. The summed E-state index contributed by atoms with van der Waals surface area (Å²) in [5, 5.41) is 2.93. The molecule has 0 bridgehead atoms. The van der Waals surface area contributed by atoms with Crippen molar-refractivity contribution in [3.63, 3.8) is 0 Å². The zero-order valence-electron chi connectivity index (χ0n) is 11.6. The van der Waals surface area contributed by atoms with Gasteiger partial charge in [-0.1, -0.05) is 0 Å². The van der Waals surface area contributed by atoms with Crippen LogP contribution in [0, 0.1) is 0 Å². The van der Waals surface area contributed by atoms with E-state index in [0.29, 0.717) is 19.8 Å². The maximum absolute atomic E-state index is 11.6. The quantitative estimate of drug-likeness (QED) is 0.902. The normalized spacial score (nSPS) is 19.9. The third-order valence-corrected chi connectivity index (χ3v) is 3.69. The summed E-state index contributed by atoms with van der Waals surface area (Å²) in [6.07, 6.45) is 2.61. The van der Waals surface area contributed by atoms with Crippen LogP contribution in [0.5, 0.6) is 11.5 Å². The highest BCUT2D eigenvalue weighted by Gasteiger charge is 2.25. The van der Waals surface area contributed by atoms with E-state index in [1.165, 1.54) is 5.56 Å². The third kappa shape index (κ3) is 2.53. The summed E-state index contributed by atoms with van der Waals surface area (Å²) in [5.74, 6) is 1.58. The predicted molar refractivity (Wildman–Crippen MR) is 73.3 cm³/mol. The second kappa shape index (κ2) is 5.61. The molecule has 0 saturated carbocycles. The summed E-state index contributed by atoms with van der Waals surface area (Å²) in [4.78, 5) is 11.6. The van der Waals surface area contributed by atoms with Crippen LogP contribution in [0.1, 0.15) is 36.9 Å². The minimum Gasteiger partial charge on any atom is -0.486 e. The van der Waals surface area contributed by atoms with E-state index >= 15 is 0 Å². The van der Waals surface area contributed by atoms with E-state index in [0.717, 1.165) is 36.3 Å². The lowest BCUT2D eigenvalue weighted by atomic mass is 9.87. The van der Waals surface area contributed by atoms with Gasteiger partial charge in [0.05, 0.1) is 12.6 Å². The van der Waals surface area contributed by atoms with Gasteiger partial charge < -0.3 is 19.5 Å². The summed E-state index contributed by atoms with van der Waals surface area (Å²) in [5.41, 5.74) is 2.34. The van der Waals surface area contributed by atoms with Gasteiger partial charge in [-0.05, 0) is 49.4 Å². The molecule has 1 aromatic carbocycles. The van der Waals surface area contributed by atoms with Crippen LogP contribution in [0.4, 0.5) is 4.79 Å². The zero-order chi connectivity index (χ0) is 13.9. The molecule has 3 rings (SSSR count). The predicted octanol–water partition coefficient (Wildman–Crippen LogP) is 2.58. The second-order valence-corrected chi connectivity index (χ2v) is 5.00. The van der Waals surface area contributed by atoms with Crippen molar-refractivity contribution in [3.05, 3.63) is 23.3 Å². The molecule has 1 heterocycles. The van der Waals surface area contributed by atoms with Crippen molar-refractivity contribution >= 4 is 6.09 Å². The molecule has 1 aromatic rings. The molecule has 20 heavy (non-hydrogen) atoms. The Morgan fingerprint density at radius 3 is 2.85 bits per heavy atom. The van der Waals surface area contributed by atoms with Crippen molar-refractivity contribution in [1.82, 2.24) is 5.32 Å². The third-order valence-electron chi connectivity index (χ3n) is 3.69. The maximum Gasteiger partial charge on any atom is 0.407 e. The highest BCUT2D eigenvalue weighted by molar-refractivity contribution is 5.68. The van der Waals surface area contributed by atoms with Gasteiger partial charge in [0, 0.05) is 0 Å². The number of rotatable bonds is 2. The van der Waals surface area contributed by atoms with Crippen LogP contribution in [0.15, 0.2) is 12.1 Å². The van der Waals surface area contributed by atoms with Crippen LogP contribution in [-0.2, 0) is 11.2 Å². The minimum absolute atomic E-state index is 0.00590. The molecule has 0 saturated heterocycles. The first-order chi connectivity index (χ1) is 9.78. The van der Waals surface area contributed by atoms with Gasteiger partial charge in [-0.3, -0.25) is 0 Å². The lowest BCUT2D eigenvalue weighted by Gasteiger charge is -2.28. The molecule has 5 nitrogen and oxygen atoms in total. The molecule has 1 N–H and O–H groups in total. The summed E-state index contributed by atoms with van der Waals surface area (Å²) < 4.78 is 16.2. The molecule has 2 aliphatic rings. The van der Waals surface area contributed by atoms with E-state index in [9.17, 15) is 4.79 Å². The average molecular weight is 277 g/mol. The molecule has 1 atom stereocenters. The number of amides is 1. The molecule has 1 aliphatic heterocycles. The van der Waals surface area contributed by atoms with E-state index in [1.807, 2.05) is 12.1 Å². The molecule has 108 valence electrons. The number of fused-ring (bicyclic) bond motifs is 2. The number of hydrogen-bond donors (Lipinski definition) is 1. The second-order valence-electron chi connectivity index (χ2n) is 5.00. The van der Waals surface area contributed by atoms with Crippen molar-refractivity contribution in [2.24, 2.45) is 0 Å². The van der Waals surface area contributed by atoms with Gasteiger partial charge in [-0.25, -0.2) is 4.79 Å². The number of carbonyl (C=O) groups is 1. The molecule has 1 aliphatic carbocycles. The number of ether oxygens (including phenoxy) is 3. The number of carbonyl (C=O) groups excluding carboxylic acids is 1. The van der Waals surface area contributed by atoms with Gasteiger partial charge in [-0.15, -0.1) is 0 Å². The van der Waals surface area contributed by atoms with Crippen molar-refractivity contribution in [2.45, 2.75) is 32.2 Å². The van der Waals surface area contributed by atoms with E-state index in [4.69, 9.17) is 14.2 Å².